The molecule has 4 nitrogen and oxygen atoms in total. The highest BCUT2D eigenvalue weighted by Crippen LogP contribution is 2.14. The predicted octanol–water partition coefficient (Wildman–Crippen LogP) is 3.25. The van der Waals surface area contributed by atoms with Crippen LogP contribution in [0.25, 0.3) is 0 Å². The quantitative estimate of drug-likeness (QED) is 0.940. The van der Waals surface area contributed by atoms with Crippen molar-refractivity contribution in [2.75, 3.05) is 24.3 Å². The van der Waals surface area contributed by atoms with Crippen molar-refractivity contribution in [1.82, 2.24) is 9.78 Å². The summed E-state index contributed by atoms with van der Waals surface area (Å²) >= 11 is 0. The highest BCUT2D eigenvalue weighted by atomic mass is 35.5. The van der Waals surface area contributed by atoms with Gasteiger partial charge in [0.1, 0.15) is 5.82 Å². The molecular weight excluding hydrogens is 295 g/mol. The molecule has 112 valence electrons. The van der Waals surface area contributed by atoms with E-state index in [1.54, 1.807) is 0 Å². The van der Waals surface area contributed by atoms with Crippen LogP contribution in [0.4, 0.5) is 11.5 Å². The summed E-state index contributed by atoms with van der Waals surface area (Å²) in [5, 5.41) is 7.69. The van der Waals surface area contributed by atoms with Crippen LogP contribution in [0.5, 0.6) is 0 Å². The summed E-state index contributed by atoms with van der Waals surface area (Å²) in [6.07, 6.45) is 0. The average molecular weight is 317 g/mol. The summed E-state index contributed by atoms with van der Waals surface area (Å²) in [4.78, 5) is 2.10. The third-order valence-electron chi connectivity index (χ3n) is 3.04. The number of aromatic nitrogens is 2. The van der Waals surface area contributed by atoms with Crippen molar-refractivity contribution >= 4 is 36.3 Å². The van der Waals surface area contributed by atoms with E-state index in [2.05, 4.69) is 39.6 Å². The summed E-state index contributed by atoms with van der Waals surface area (Å²) in [6.45, 7) is 2.84. The number of halogens is 2. The first-order valence-corrected chi connectivity index (χ1v) is 6.07. The summed E-state index contributed by atoms with van der Waals surface area (Å²) in [7, 11) is 6.04. The molecule has 0 radical (unpaired) electrons. The Hall–Kier alpha value is -1.39. The fourth-order valence-corrected chi connectivity index (χ4v) is 1.75. The smallest absolute Gasteiger partial charge is 0.148 e. The van der Waals surface area contributed by atoms with Gasteiger partial charge in [0.15, 0.2) is 0 Å². The molecule has 2 aromatic rings. The number of hydrogen-bond acceptors (Lipinski definition) is 3. The van der Waals surface area contributed by atoms with Crippen LogP contribution in [-0.2, 0) is 13.6 Å². The largest absolute Gasteiger partial charge is 0.378 e. The van der Waals surface area contributed by atoms with Crippen molar-refractivity contribution < 1.29 is 0 Å². The summed E-state index contributed by atoms with van der Waals surface area (Å²) in [5.41, 5.74) is 3.62. The third kappa shape index (κ3) is 4.62. The molecule has 1 aromatic heterocycles. The Labute approximate surface area is 133 Å². The van der Waals surface area contributed by atoms with Crippen molar-refractivity contribution in [1.29, 1.82) is 0 Å². The Morgan fingerprint density at radius 1 is 1.15 bits per heavy atom. The maximum absolute atomic E-state index is 4.37. The van der Waals surface area contributed by atoms with Gasteiger partial charge in [-0.25, -0.2) is 0 Å². The number of nitrogens with zero attached hydrogens (tertiary/aromatic N) is 3. The zero-order valence-corrected chi connectivity index (χ0v) is 13.9. The van der Waals surface area contributed by atoms with E-state index < -0.39 is 0 Å². The van der Waals surface area contributed by atoms with E-state index in [-0.39, 0.29) is 24.8 Å². The van der Waals surface area contributed by atoms with Crippen LogP contribution in [0, 0.1) is 6.92 Å². The third-order valence-corrected chi connectivity index (χ3v) is 3.04. The average Bonchev–Trinajstić information content (AvgIpc) is 2.67. The fourth-order valence-electron chi connectivity index (χ4n) is 1.75. The summed E-state index contributed by atoms with van der Waals surface area (Å²) in [6, 6.07) is 10.6. The molecule has 0 saturated carbocycles. The van der Waals surface area contributed by atoms with E-state index in [4.69, 9.17) is 0 Å². The Kier molecular flexibility index (Phi) is 7.46. The zero-order chi connectivity index (χ0) is 13.1. The first-order valence-electron chi connectivity index (χ1n) is 6.07. The van der Waals surface area contributed by atoms with Gasteiger partial charge in [0.25, 0.3) is 0 Å². The van der Waals surface area contributed by atoms with Crippen molar-refractivity contribution in [3.8, 4) is 0 Å². The van der Waals surface area contributed by atoms with E-state index in [0.29, 0.717) is 0 Å². The van der Waals surface area contributed by atoms with Crippen LogP contribution in [0.15, 0.2) is 30.3 Å². The van der Waals surface area contributed by atoms with Gasteiger partial charge in [-0.1, -0.05) is 12.1 Å². The minimum atomic E-state index is 0. The maximum Gasteiger partial charge on any atom is 0.148 e. The van der Waals surface area contributed by atoms with Crippen LogP contribution in [0.3, 0.4) is 0 Å². The first kappa shape index (κ1) is 18.6. The predicted molar refractivity (Wildman–Crippen MR) is 90.5 cm³/mol. The topological polar surface area (TPSA) is 33.1 Å². The van der Waals surface area contributed by atoms with Crippen LogP contribution in [-0.4, -0.2) is 23.9 Å². The molecular formula is C14H22Cl2N4. The van der Waals surface area contributed by atoms with Gasteiger partial charge in [-0.05, 0) is 24.6 Å². The van der Waals surface area contributed by atoms with Crippen molar-refractivity contribution in [3.63, 3.8) is 0 Å². The van der Waals surface area contributed by atoms with Crippen LogP contribution < -0.4 is 10.2 Å². The Balaban J connectivity index is 0.00000180. The molecule has 1 aromatic carbocycles. The number of benzene rings is 1. The SMILES string of the molecule is Cc1cc(NCc2ccc(N(C)C)cc2)nn1C.Cl.Cl. The normalized spacial score (nSPS) is 9.40. The van der Waals surface area contributed by atoms with E-state index in [0.717, 1.165) is 18.1 Å². The lowest BCUT2D eigenvalue weighted by atomic mass is 10.2. The Bertz CT molecular complexity index is 501. The molecule has 0 amide bonds. The number of anilines is 2. The standard InChI is InChI=1S/C14H20N4.2ClH/c1-11-9-14(16-18(11)4)15-10-12-5-7-13(8-6-12)17(2)3;;/h5-9H,10H2,1-4H3,(H,15,16);2*1H. The molecule has 6 heteroatoms. The minimum absolute atomic E-state index is 0. The zero-order valence-electron chi connectivity index (χ0n) is 12.3. The molecule has 1 N–H and O–H groups in total. The second-order valence-corrected chi connectivity index (χ2v) is 4.71. The van der Waals surface area contributed by atoms with Gasteiger partial charge in [-0.15, -0.1) is 24.8 Å². The fraction of sp³-hybridized carbons (Fsp3) is 0.357. The lowest BCUT2D eigenvalue weighted by Crippen LogP contribution is -2.08. The van der Waals surface area contributed by atoms with Gasteiger partial charge in [-0.2, -0.15) is 5.10 Å². The molecule has 0 aliphatic heterocycles. The molecule has 2 rings (SSSR count). The van der Waals surface area contributed by atoms with Gasteiger partial charge in [-0.3, -0.25) is 4.68 Å². The van der Waals surface area contributed by atoms with E-state index in [1.807, 2.05) is 38.8 Å². The van der Waals surface area contributed by atoms with Crippen molar-refractivity contribution in [2.24, 2.45) is 7.05 Å². The van der Waals surface area contributed by atoms with Crippen molar-refractivity contribution in [2.45, 2.75) is 13.5 Å². The molecule has 0 unspecified atom stereocenters. The van der Waals surface area contributed by atoms with Crippen LogP contribution in [0.2, 0.25) is 0 Å². The number of aryl methyl sites for hydroxylation is 2. The first-order chi connectivity index (χ1) is 8.56. The minimum Gasteiger partial charge on any atom is -0.378 e. The van der Waals surface area contributed by atoms with Gasteiger partial charge in [0, 0.05) is 45.1 Å². The lowest BCUT2D eigenvalue weighted by molar-refractivity contribution is 0.741. The summed E-state index contributed by atoms with van der Waals surface area (Å²) < 4.78 is 1.87. The Morgan fingerprint density at radius 3 is 2.20 bits per heavy atom. The van der Waals surface area contributed by atoms with Crippen LogP contribution >= 0.6 is 24.8 Å². The van der Waals surface area contributed by atoms with Crippen molar-refractivity contribution in [3.05, 3.63) is 41.6 Å². The number of nitrogens with one attached hydrogen (secondary N) is 1. The molecule has 1 heterocycles. The van der Waals surface area contributed by atoms with E-state index >= 15 is 0 Å². The molecule has 20 heavy (non-hydrogen) atoms. The molecule has 0 saturated heterocycles. The van der Waals surface area contributed by atoms with E-state index in [9.17, 15) is 0 Å². The molecule has 0 aliphatic rings. The Morgan fingerprint density at radius 2 is 1.75 bits per heavy atom. The van der Waals surface area contributed by atoms with Crippen LogP contribution in [0.1, 0.15) is 11.3 Å². The number of rotatable bonds is 4. The van der Waals surface area contributed by atoms with Gasteiger partial charge in [0.05, 0.1) is 0 Å². The molecule has 0 fully saturated rings. The summed E-state index contributed by atoms with van der Waals surface area (Å²) in [5.74, 6) is 0.923. The highest BCUT2D eigenvalue weighted by molar-refractivity contribution is 5.85. The second kappa shape index (κ2) is 8.02. The van der Waals surface area contributed by atoms with E-state index in [1.165, 1.54) is 11.3 Å². The monoisotopic (exact) mass is 316 g/mol. The maximum atomic E-state index is 4.37. The van der Waals surface area contributed by atoms with Gasteiger partial charge >= 0.3 is 0 Å². The van der Waals surface area contributed by atoms with Gasteiger partial charge < -0.3 is 10.2 Å². The highest BCUT2D eigenvalue weighted by Gasteiger charge is 2.01. The lowest BCUT2D eigenvalue weighted by Gasteiger charge is -2.12. The molecule has 0 atom stereocenters. The molecule has 0 bridgehead atoms. The molecule has 0 aliphatic carbocycles. The number of hydrogen-bond donors (Lipinski definition) is 1. The second-order valence-electron chi connectivity index (χ2n) is 4.71. The molecule has 0 spiro atoms. The van der Waals surface area contributed by atoms with Gasteiger partial charge in [0.2, 0.25) is 0 Å².